The van der Waals surface area contributed by atoms with Crippen molar-refractivity contribution < 1.29 is 23.0 Å². The van der Waals surface area contributed by atoms with E-state index in [9.17, 15) is 14.4 Å². The summed E-state index contributed by atoms with van der Waals surface area (Å²) >= 11 is 0. The van der Waals surface area contributed by atoms with Gasteiger partial charge in [-0.2, -0.15) is 14.6 Å². The Hall–Kier alpha value is -3.55. The van der Waals surface area contributed by atoms with E-state index in [0.29, 0.717) is 11.3 Å². The van der Waals surface area contributed by atoms with E-state index in [4.69, 9.17) is 9.47 Å². The van der Waals surface area contributed by atoms with Crippen molar-refractivity contribution >= 4 is 11.9 Å². The van der Waals surface area contributed by atoms with E-state index in [1.165, 1.54) is 24.4 Å². The third kappa shape index (κ3) is 3.93. The van der Waals surface area contributed by atoms with Crippen LogP contribution in [0.25, 0.3) is 0 Å². The molecule has 4 heterocycles. The number of pyridine rings is 1. The third-order valence-corrected chi connectivity index (χ3v) is 5.46. The van der Waals surface area contributed by atoms with Crippen molar-refractivity contribution in [3.8, 4) is 17.7 Å². The average molecular weight is 430 g/mol. The first-order valence-corrected chi connectivity index (χ1v) is 9.75. The van der Waals surface area contributed by atoms with E-state index >= 15 is 4.39 Å². The molecule has 1 saturated heterocycles. The van der Waals surface area contributed by atoms with Crippen LogP contribution in [0.1, 0.15) is 24.0 Å². The molecule has 0 saturated carbocycles. The standard InChI is InChI=1S/C20H20F2N6O3/c1-30-17-15(21)11-25-19(26-17)27-4-2-20(22,3-5-27)18(29)28-6-7-31-16-13(8-23)9-24-10-14(16)12-28/h9-11H,2-7,12H2,1H3. The Morgan fingerprint density at radius 3 is 2.77 bits per heavy atom. The van der Waals surface area contributed by atoms with Gasteiger partial charge in [-0.25, -0.2) is 9.37 Å². The molecular weight excluding hydrogens is 410 g/mol. The van der Waals surface area contributed by atoms with Crippen LogP contribution in [0.15, 0.2) is 18.6 Å². The SMILES string of the molecule is COc1nc(N2CCC(F)(C(=O)N3CCOc4c(C#N)cncc4C3)CC2)ncc1F. The van der Waals surface area contributed by atoms with Crippen molar-refractivity contribution in [1.29, 1.82) is 5.26 Å². The molecular formula is C20H20F2N6O3. The van der Waals surface area contributed by atoms with Crippen molar-refractivity contribution in [3.63, 3.8) is 0 Å². The molecule has 0 radical (unpaired) electrons. The number of amides is 1. The molecule has 0 aromatic carbocycles. The highest BCUT2D eigenvalue weighted by Gasteiger charge is 2.45. The molecule has 4 rings (SSSR count). The van der Waals surface area contributed by atoms with Crippen molar-refractivity contribution in [3.05, 3.63) is 35.5 Å². The number of anilines is 1. The molecule has 11 heteroatoms. The minimum atomic E-state index is -2.05. The second kappa shape index (κ2) is 8.29. The Kier molecular flexibility index (Phi) is 5.54. The highest BCUT2D eigenvalue weighted by molar-refractivity contribution is 5.85. The zero-order valence-corrected chi connectivity index (χ0v) is 16.8. The van der Waals surface area contributed by atoms with Gasteiger partial charge in [0.1, 0.15) is 24.0 Å². The number of ether oxygens (including phenoxy) is 2. The third-order valence-electron chi connectivity index (χ3n) is 5.46. The Morgan fingerprint density at radius 2 is 2.06 bits per heavy atom. The van der Waals surface area contributed by atoms with E-state index in [1.807, 2.05) is 6.07 Å². The summed E-state index contributed by atoms with van der Waals surface area (Å²) in [4.78, 5) is 28.1. The molecule has 1 amide bonds. The van der Waals surface area contributed by atoms with Gasteiger partial charge in [0.2, 0.25) is 11.8 Å². The maximum Gasteiger partial charge on any atom is 0.260 e. The summed E-state index contributed by atoms with van der Waals surface area (Å²) < 4.78 is 39.7. The number of piperidine rings is 1. The predicted octanol–water partition coefficient (Wildman–Crippen LogP) is 1.62. The largest absolute Gasteiger partial charge is 0.490 e. The monoisotopic (exact) mass is 430 g/mol. The number of nitrogens with zero attached hydrogens (tertiary/aromatic N) is 6. The molecule has 0 unspecified atom stereocenters. The molecule has 31 heavy (non-hydrogen) atoms. The van der Waals surface area contributed by atoms with Crippen LogP contribution >= 0.6 is 0 Å². The summed E-state index contributed by atoms with van der Waals surface area (Å²) in [6.07, 6.45) is 3.80. The minimum Gasteiger partial charge on any atom is -0.490 e. The molecule has 0 aliphatic carbocycles. The molecule has 0 atom stereocenters. The fourth-order valence-corrected chi connectivity index (χ4v) is 3.77. The van der Waals surface area contributed by atoms with Crippen LogP contribution < -0.4 is 14.4 Å². The van der Waals surface area contributed by atoms with E-state index in [-0.39, 0.29) is 63.0 Å². The van der Waals surface area contributed by atoms with Gasteiger partial charge in [-0.15, -0.1) is 0 Å². The Labute approximate surface area is 177 Å². The number of aromatic nitrogens is 3. The molecule has 162 valence electrons. The van der Waals surface area contributed by atoms with Crippen LogP contribution in [0.3, 0.4) is 0 Å². The maximum absolute atomic E-state index is 15.7. The van der Waals surface area contributed by atoms with E-state index < -0.39 is 17.4 Å². The zero-order valence-electron chi connectivity index (χ0n) is 16.8. The fraction of sp³-hybridized carbons (Fsp3) is 0.450. The predicted molar refractivity (Wildman–Crippen MR) is 104 cm³/mol. The molecule has 0 N–H and O–H groups in total. The number of hydrogen-bond acceptors (Lipinski definition) is 8. The molecule has 0 bridgehead atoms. The highest BCUT2D eigenvalue weighted by Crippen LogP contribution is 2.33. The minimum absolute atomic E-state index is 0.0599. The number of rotatable bonds is 3. The number of fused-ring (bicyclic) bond motifs is 1. The lowest BCUT2D eigenvalue weighted by molar-refractivity contribution is -0.146. The first kappa shape index (κ1) is 20.7. The van der Waals surface area contributed by atoms with Crippen LogP contribution in [-0.2, 0) is 11.3 Å². The van der Waals surface area contributed by atoms with Gasteiger partial charge in [0.25, 0.3) is 11.8 Å². The van der Waals surface area contributed by atoms with Crippen LogP contribution in [0, 0.1) is 17.1 Å². The molecule has 1 fully saturated rings. The molecule has 2 aromatic heterocycles. The normalized spacial score (nSPS) is 17.7. The summed E-state index contributed by atoms with van der Waals surface area (Å²) in [5.41, 5.74) is -1.20. The van der Waals surface area contributed by atoms with E-state index in [0.717, 1.165) is 6.20 Å². The van der Waals surface area contributed by atoms with Gasteiger partial charge in [-0.1, -0.05) is 0 Å². The summed E-state index contributed by atoms with van der Waals surface area (Å²) in [6.45, 7) is 0.857. The summed E-state index contributed by atoms with van der Waals surface area (Å²) in [6, 6.07) is 2.02. The van der Waals surface area contributed by atoms with Crippen molar-refractivity contribution in [2.24, 2.45) is 0 Å². The molecule has 2 aromatic rings. The van der Waals surface area contributed by atoms with Crippen LogP contribution in [-0.4, -0.2) is 64.8 Å². The first-order valence-electron chi connectivity index (χ1n) is 9.75. The van der Waals surface area contributed by atoms with Crippen LogP contribution in [0.5, 0.6) is 11.6 Å². The highest BCUT2D eigenvalue weighted by atomic mass is 19.1. The first-order chi connectivity index (χ1) is 14.9. The van der Waals surface area contributed by atoms with Gasteiger partial charge in [-0.3, -0.25) is 9.78 Å². The summed E-state index contributed by atoms with van der Waals surface area (Å²) in [5.74, 6) is -0.885. The molecule has 0 spiro atoms. The van der Waals surface area contributed by atoms with Gasteiger partial charge in [0.15, 0.2) is 5.67 Å². The molecule has 9 nitrogen and oxygen atoms in total. The maximum atomic E-state index is 15.7. The number of halogens is 2. The van der Waals surface area contributed by atoms with Crippen LogP contribution in [0.4, 0.5) is 14.7 Å². The lowest BCUT2D eigenvalue weighted by Gasteiger charge is -2.37. The Morgan fingerprint density at radius 1 is 1.29 bits per heavy atom. The Balaban J connectivity index is 1.46. The zero-order chi connectivity index (χ0) is 22.0. The second-order valence-corrected chi connectivity index (χ2v) is 7.34. The number of alkyl halides is 1. The van der Waals surface area contributed by atoms with Gasteiger partial charge < -0.3 is 19.3 Å². The second-order valence-electron chi connectivity index (χ2n) is 7.34. The molecule has 2 aliphatic heterocycles. The average Bonchev–Trinajstić information content (AvgIpc) is 3.02. The van der Waals surface area contributed by atoms with E-state index in [2.05, 4.69) is 15.0 Å². The fourth-order valence-electron chi connectivity index (χ4n) is 3.77. The number of carbonyl (C=O) groups excluding carboxylic acids is 1. The number of hydrogen-bond donors (Lipinski definition) is 0. The van der Waals surface area contributed by atoms with Crippen molar-refractivity contribution in [2.45, 2.75) is 25.1 Å². The van der Waals surface area contributed by atoms with Crippen molar-refractivity contribution in [2.75, 3.05) is 38.3 Å². The lowest BCUT2D eigenvalue weighted by atomic mass is 9.91. The van der Waals surface area contributed by atoms with Gasteiger partial charge in [-0.05, 0) is 0 Å². The molecule has 2 aliphatic rings. The van der Waals surface area contributed by atoms with E-state index in [1.54, 1.807) is 4.90 Å². The van der Waals surface area contributed by atoms with Gasteiger partial charge in [0, 0.05) is 43.9 Å². The number of methoxy groups -OCH3 is 1. The summed E-state index contributed by atoms with van der Waals surface area (Å²) in [7, 11) is 1.30. The van der Waals surface area contributed by atoms with Crippen molar-refractivity contribution in [1.82, 2.24) is 19.9 Å². The topological polar surface area (TPSA) is 104 Å². The van der Waals surface area contributed by atoms with Gasteiger partial charge >= 0.3 is 0 Å². The lowest BCUT2D eigenvalue weighted by Crippen LogP contribution is -2.53. The number of carbonyl (C=O) groups is 1. The van der Waals surface area contributed by atoms with Gasteiger partial charge in [0.05, 0.1) is 26.4 Å². The smallest absolute Gasteiger partial charge is 0.260 e. The van der Waals surface area contributed by atoms with Crippen LogP contribution in [0.2, 0.25) is 0 Å². The summed E-state index contributed by atoms with van der Waals surface area (Å²) in [5, 5.41) is 9.22. The quantitative estimate of drug-likeness (QED) is 0.724. The number of nitriles is 1. The Bertz CT molecular complexity index is 1040.